The van der Waals surface area contributed by atoms with Crippen LogP contribution in [0.1, 0.15) is 38.5 Å². The Morgan fingerprint density at radius 1 is 1.09 bits per heavy atom. The number of nitrogens with one attached hydrogen (secondary N) is 3. The minimum Gasteiger partial charge on any atom is -0.383 e. The number of fused-ring (bicyclic) bond motifs is 1. The smallest absolute Gasteiger partial charge is 0.383 e. The fraction of sp³-hybridized carbons (Fsp3) is 0.870. The van der Waals surface area contributed by atoms with E-state index in [2.05, 4.69) is 27.6 Å². The van der Waals surface area contributed by atoms with E-state index in [-0.39, 0.29) is 49.0 Å². The average molecular weight is 474 g/mol. The monoisotopic (exact) mass is 473 g/mol. The van der Waals surface area contributed by atoms with Gasteiger partial charge in [0.25, 0.3) is 0 Å². The van der Waals surface area contributed by atoms with Crippen molar-refractivity contribution in [3.05, 3.63) is 12.7 Å². The molecule has 1 aliphatic carbocycles. The number of halogens is 3. The molecule has 4 rings (SSSR count). The normalized spacial score (nSPS) is 38.2. The zero-order chi connectivity index (χ0) is 23.6. The third-order valence-electron chi connectivity index (χ3n) is 8.14. The molecule has 0 aromatic heterocycles. The van der Waals surface area contributed by atoms with Crippen LogP contribution >= 0.6 is 0 Å². The van der Waals surface area contributed by atoms with E-state index >= 15 is 0 Å². The number of nitrogens with zero attached hydrogens (tertiary/aromatic N) is 2. The number of hydrogen-bond acceptors (Lipinski definition) is 6. The van der Waals surface area contributed by atoms with Crippen LogP contribution in [0.2, 0.25) is 0 Å². The molecule has 3 saturated heterocycles. The van der Waals surface area contributed by atoms with Crippen LogP contribution in [0.5, 0.6) is 0 Å². The Labute approximate surface area is 194 Å². The largest absolute Gasteiger partial charge is 0.391 e. The second-order valence-corrected chi connectivity index (χ2v) is 10.0. The van der Waals surface area contributed by atoms with Crippen LogP contribution in [0.4, 0.5) is 13.2 Å². The van der Waals surface area contributed by atoms with E-state index < -0.39 is 12.1 Å². The summed E-state index contributed by atoms with van der Waals surface area (Å²) in [7, 11) is 1.70. The molecule has 3 heterocycles. The average Bonchev–Trinajstić information content (AvgIpc) is 3.29. The van der Waals surface area contributed by atoms with Gasteiger partial charge in [-0.15, -0.1) is 0 Å². The minimum atomic E-state index is -4.10. The van der Waals surface area contributed by atoms with Crippen molar-refractivity contribution in [3.8, 4) is 0 Å². The molecule has 0 aromatic rings. The molecule has 5 unspecified atom stereocenters. The first-order valence-electron chi connectivity index (χ1n) is 12.3. The predicted molar refractivity (Wildman–Crippen MR) is 119 cm³/mol. The summed E-state index contributed by atoms with van der Waals surface area (Å²) < 4.78 is 44.7. The zero-order valence-electron chi connectivity index (χ0n) is 19.4. The van der Waals surface area contributed by atoms with Gasteiger partial charge in [0.15, 0.2) is 0 Å². The van der Waals surface area contributed by atoms with Crippen LogP contribution < -0.4 is 16.1 Å². The second kappa shape index (κ2) is 10.6. The van der Waals surface area contributed by atoms with Gasteiger partial charge in [-0.25, -0.2) is 5.01 Å². The molecule has 1 amide bonds. The maximum absolute atomic E-state index is 13.2. The minimum absolute atomic E-state index is 0.0426. The molecule has 4 aliphatic rings. The molecule has 3 aliphatic heterocycles. The summed E-state index contributed by atoms with van der Waals surface area (Å²) in [5.41, 5.74) is 3.64. The predicted octanol–water partition coefficient (Wildman–Crippen LogP) is 1.87. The molecule has 7 nitrogen and oxygen atoms in total. The molecule has 4 fully saturated rings. The van der Waals surface area contributed by atoms with E-state index in [0.717, 1.165) is 25.9 Å². The molecular weight excluding hydrogens is 435 g/mol. The van der Waals surface area contributed by atoms with Gasteiger partial charge in [-0.1, -0.05) is 6.58 Å². The Kier molecular flexibility index (Phi) is 8.00. The number of methoxy groups -OCH3 is 1. The second-order valence-electron chi connectivity index (χ2n) is 10.0. The zero-order valence-corrected chi connectivity index (χ0v) is 19.4. The van der Waals surface area contributed by atoms with Gasteiger partial charge in [-0.3, -0.25) is 20.9 Å². The Bertz CT molecular complexity index is 685. The third kappa shape index (κ3) is 5.73. The number of amides is 1. The first kappa shape index (κ1) is 24.9. The van der Waals surface area contributed by atoms with Crippen molar-refractivity contribution in [2.24, 2.45) is 17.8 Å². The number of hydrogen-bond donors (Lipinski definition) is 3. The lowest BCUT2D eigenvalue weighted by molar-refractivity contribution is -0.185. The van der Waals surface area contributed by atoms with Crippen molar-refractivity contribution in [2.75, 3.05) is 39.9 Å². The highest BCUT2D eigenvalue weighted by Gasteiger charge is 2.48. The van der Waals surface area contributed by atoms with Crippen molar-refractivity contribution >= 4 is 5.91 Å². The molecule has 1 saturated carbocycles. The summed E-state index contributed by atoms with van der Waals surface area (Å²) in [4.78, 5) is 14.1. The molecule has 0 radical (unpaired) electrons. The van der Waals surface area contributed by atoms with Crippen LogP contribution in [0.25, 0.3) is 0 Å². The lowest BCUT2D eigenvalue weighted by atomic mass is 9.75. The number of likely N-dealkylation sites (tertiary alicyclic amines) is 1. The van der Waals surface area contributed by atoms with Crippen molar-refractivity contribution in [2.45, 2.75) is 69.0 Å². The van der Waals surface area contributed by atoms with Crippen LogP contribution in [0.15, 0.2) is 12.7 Å². The van der Waals surface area contributed by atoms with E-state index in [1.165, 1.54) is 6.08 Å². The SMILES string of the molecule is C=CC(=O)N1CCC2C(C1)NC(C1CCC(C(F)(F)F)CC1)NC2C1CCN(CCOC)N1. The summed E-state index contributed by atoms with van der Waals surface area (Å²) >= 11 is 0. The van der Waals surface area contributed by atoms with Crippen LogP contribution in [0, 0.1) is 17.8 Å². The number of piperidine rings is 1. The topological polar surface area (TPSA) is 68.9 Å². The van der Waals surface area contributed by atoms with E-state index in [1.54, 1.807) is 7.11 Å². The van der Waals surface area contributed by atoms with E-state index in [9.17, 15) is 18.0 Å². The van der Waals surface area contributed by atoms with Crippen LogP contribution in [-0.2, 0) is 9.53 Å². The molecular formula is C23H38F3N5O2. The fourth-order valence-corrected chi connectivity index (χ4v) is 6.28. The molecule has 0 bridgehead atoms. The molecule has 3 N–H and O–H groups in total. The molecule has 0 aromatic carbocycles. The summed E-state index contributed by atoms with van der Waals surface area (Å²) in [5, 5.41) is 9.72. The summed E-state index contributed by atoms with van der Waals surface area (Å²) in [6.07, 6.45) is 0.631. The maximum atomic E-state index is 13.2. The van der Waals surface area contributed by atoms with Crippen molar-refractivity contribution in [1.82, 2.24) is 26.0 Å². The lowest BCUT2D eigenvalue weighted by Crippen LogP contribution is -2.73. The first-order chi connectivity index (χ1) is 15.8. The highest BCUT2D eigenvalue weighted by molar-refractivity contribution is 5.87. The fourth-order valence-electron chi connectivity index (χ4n) is 6.28. The van der Waals surface area contributed by atoms with Crippen molar-refractivity contribution in [1.29, 1.82) is 0 Å². The van der Waals surface area contributed by atoms with Crippen LogP contribution in [-0.4, -0.2) is 86.2 Å². The first-order valence-corrected chi connectivity index (χ1v) is 12.3. The lowest BCUT2D eigenvalue weighted by Gasteiger charge is -2.52. The number of alkyl halides is 3. The van der Waals surface area contributed by atoms with Gasteiger partial charge >= 0.3 is 6.18 Å². The van der Waals surface area contributed by atoms with Gasteiger partial charge < -0.3 is 9.64 Å². The summed E-state index contributed by atoms with van der Waals surface area (Å²) in [5.74, 6) is -0.732. The quantitative estimate of drug-likeness (QED) is 0.512. The number of hydrazine groups is 1. The number of carbonyl (C=O) groups is 1. The highest BCUT2D eigenvalue weighted by atomic mass is 19.4. The van der Waals surface area contributed by atoms with Gasteiger partial charge in [0.1, 0.15) is 0 Å². The van der Waals surface area contributed by atoms with Crippen molar-refractivity contribution in [3.63, 3.8) is 0 Å². The van der Waals surface area contributed by atoms with E-state index in [4.69, 9.17) is 4.74 Å². The maximum Gasteiger partial charge on any atom is 0.391 e. The van der Waals surface area contributed by atoms with Gasteiger partial charge in [0, 0.05) is 51.4 Å². The summed E-state index contributed by atoms with van der Waals surface area (Å²) in [6, 6.07) is 0.580. The number of carbonyl (C=O) groups excluding carboxylic acids is 1. The van der Waals surface area contributed by atoms with Gasteiger partial charge in [-0.05, 0) is 56.4 Å². The molecule has 5 atom stereocenters. The van der Waals surface area contributed by atoms with Crippen molar-refractivity contribution < 1.29 is 22.7 Å². The van der Waals surface area contributed by atoms with Gasteiger partial charge in [0.05, 0.1) is 18.7 Å². The van der Waals surface area contributed by atoms with E-state index in [0.29, 0.717) is 38.5 Å². The highest BCUT2D eigenvalue weighted by Crippen LogP contribution is 2.41. The Hall–Kier alpha value is -1.20. The Morgan fingerprint density at radius 3 is 2.52 bits per heavy atom. The molecule has 0 spiro atoms. The van der Waals surface area contributed by atoms with Crippen LogP contribution in [0.3, 0.4) is 0 Å². The van der Waals surface area contributed by atoms with Gasteiger partial charge in [0.2, 0.25) is 5.91 Å². The standard InChI is InChI=1S/C23H38F3N5O2/c1-3-20(32)30-10-8-17-19(14-30)27-22(15-4-6-16(7-5-15)23(24,25)26)28-21(17)18-9-11-31(29-18)12-13-33-2/h3,15-19,21-22,27-29H,1,4-14H2,2H3. The Morgan fingerprint density at radius 2 is 1.85 bits per heavy atom. The third-order valence-corrected chi connectivity index (χ3v) is 8.14. The number of ether oxygens (including phenoxy) is 1. The van der Waals surface area contributed by atoms with E-state index in [1.807, 2.05) is 4.90 Å². The molecule has 188 valence electrons. The summed E-state index contributed by atoms with van der Waals surface area (Å²) in [6.45, 7) is 7.36. The molecule has 10 heteroatoms. The Balaban J connectivity index is 1.45. The molecule has 33 heavy (non-hydrogen) atoms. The van der Waals surface area contributed by atoms with Gasteiger partial charge in [-0.2, -0.15) is 13.2 Å². The number of rotatable bonds is 6.